The number of benzene rings is 1. The predicted molar refractivity (Wildman–Crippen MR) is 159 cm³/mol. The number of carbonyl (C=O) groups is 4. The van der Waals surface area contributed by atoms with E-state index in [0.717, 1.165) is 22.4 Å². The van der Waals surface area contributed by atoms with E-state index >= 15 is 0 Å². The molecule has 0 spiro atoms. The van der Waals surface area contributed by atoms with Crippen LogP contribution in [0.2, 0.25) is 0 Å². The van der Waals surface area contributed by atoms with Crippen LogP contribution in [-0.2, 0) is 27.5 Å². The minimum absolute atomic E-state index is 0.0128. The molecule has 0 saturated heterocycles. The molecule has 0 radical (unpaired) electrons. The molecule has 2 aliphatic rings. The number of amides is 5. The zero-order chi connectivity index (χ0) is 30.2. The normalized spacial score (nSPS) is 17.0. The fourth-order valence-corrected chi connectivity index (χ4v) is 4.82. The van der Waals surface area contributed by atoms with Gasteiger partial charge in [-0.15, -0.1) is 0 Å². The van der Waals surface area contributed by atoms with Crippen molar-refractivity contribution >= 4 is 35.2 Å². The minimum atomic E-state index is -0.649. The molecule has 224 valence electrons. The molecule has 4 rings (SSSR count). The molecule has 1 aromatic heterocycles. The third kappa shape index (κ3) is 7.90. The summed E-state index contributed by atoms with van der Waals surface area (Å²) in [6.07, 6.45) is 5.20. The number of aromatic nitrogens is 1. The predicted octanol–water partition coefficient (Wildman–Crippen LogP) is 2.20. The highest BCUT2D eigenvalue weighted by Crippen LogP contribution is 2.24. The van der Waals surface area contributed by atoms with Gasteiger partial charge in [-0.05, 0) is 53.6 Å². The highest BCUT2D eigenvalue weighted by Gasteiger charge is 2.27. The molecule has 2 unspecified atom stereocenters. The van der Waals surface area contributed by atoms with E-state index in [2.05, 4.69) is 26.0 Å². The number of hydrogen-bond acceptors (Lipinski definition) is 7. The number of nitrogens with one attached hydrogen (secondary N) is 3. The van der Waals surface area contributed by atoms with Crippen LogP contribution in [0.1, 0.15) is 56.7 Å². The lowest BCUT2D eigenvalue weighted by atomic mass is 9.93. The minimum Gasteiger partial charge on any atom is -0.355 e. The van der Waals surface area contributed by atoms with Gasteiger partial charge in [0.05, 0.1) is 18.3 Å². The molecule has 1 aromatic carbocycles. The van der Waals surface area contributed by atoms with Gasteiger partial charge in [0.15, 0.2) is 0 Å². The summed E-state index contributed by atoms with van der Waals surface area (Å²) >= 11 is 0. The van der Waals surface area contributed by atoms with Crippen LogP contribution in [0.4, 0.5) is 10.5 Å². The van der Waals surface area contributed by atoms with Crippen molar-refractivity contribution in [1.29, 1.82) is 0 Å². The van der Waals surface area contributed by atoms with E-state index in [0.29, 0.717) is 51.1 Å². The van der Waals surface area contributed by atoms with Crippen LogP contribution in [0.25, 0.3) is 0 Å². The molecule has 0 fully saturated rings. The largest absolute Gasteiger partial charge is 0.355 e. The number of carbonyl (C=O) groups excluding carboxylic acids is 4. The third-order valence-corrected chi connectivity index (χ3v) is 7.47. The van der Waals surface area contributed by atoms with Crippen molar-refractivity contribution in [2.75, 3.05) is 25.0 Å². The number of nitrogens with two attached hydrogens (primary N) is 1. The van der Waals surface area contributed by atoms with Gasteiger partial charge in [-0.25, -0.2) is 9.80 Å². The first-order valence-corrected chi connectivity index (χ1v) is 14.4. The fourth-order valence-electron chi connectivity index (χ4n) is 4.82. The highest BCUT2D eigenvalue weighted by atomic mass is 16.2. The van der Waals surface area contributed by atoms with Crippen LogP contribution >= 0.6 is 0 Å². The number of urea groups is 1. The van der Waals surface area contributed by atoms with E-state index in [4.69, 9.17) is 5.73 Å². The second kappa shape index (κ2) is 14.0. The quantitative estimate of drug-likeness (QED) is 0.300. The molecule has 12 nitrogen and oxygen atoms in total. The first-order valence-electron chi connectivity index (χ1n) is 14.4. The number of rotatable bonds is 11. The van der Waals surface area contributed by atoms with Gasteiger partial charge in [0, 0.05) is 56.6 Å². The number of fused-ring (bicyclic) bond motifs is 1. The Morgan fingerprint density at radius 3 is 2.50 bits per heavy atom. The first kappa shape index (κ1) is 30.6. The maximum atomic E-state index is 12.8. The Bertz CT molecular complexity index is 1300. The van der Waals surface area contributed by atoms with Crippen LogP contribution in [0.15, 0.2) is 47.8 Å². The van der Waals surface area contributed by atoms with Crippen molar-refractivity contribution in [3.63, 3.8) is 0 Å². The van der Waals surface area contributed by atoms with E-state index in [-0.39, 0.29) is 42.1 Å². The summed E-state index contributed by atoms with van der Waals surface area (Å²) in [5, 5.41) is 14.4. The van der Waals surface area contributed by atoms with Crippen molar-refractivity contribution in [3.05, 3.63) is 59.4 Å². The molecule has 5 amide bonds. The Labute approximate surface area is 246 Å². The number of anilines is 1. The SMILES string of the molecule is CC1CC(=O)N(CCCCNC(=O)CNC(=O)C(N)C(C)C)N=C1c1ccc(NC(=O)N2Cc3ccncc3C2)cc1. The van der Waals surface area contributed by atoms with Crippen molar-refractivity contribution in [1.82, 2.24) is 25.5 Å². The van der Waals surface area contributed by atoms with E-state index in [1.165, 1.54) is 5.01 Å². The van der Waals surface area contributed by atoms with Gasteiger partial charge in [0.2, 0.25) is 17.7 Å². The lowest BCUT2D eigenvalue weighted by molar-refractivity contribution is -0.132. The number of hydrazone groups is 1. The molecule has 2 aliphatic heterocycles. The summed E-state index contributed by atoms with van der Waals surface area (Å²) in [5.74, 6) is -0.724. The molecular formula is C30H40N8O4. The number of pyridine rings is 1. The molecular weight excluding hydrogens is 536 g/mol. The molecule has 0 aliphatic carbocycles. The van der Waals surface area contributed by atoms with Gasteiger partial charge in [-0.2, -0.15) is 5.10 Å². The maximum Gasteiger partial charge on any atom is 0.322 e. The summed E-state index contributed by atoms with van der Waals surface area (Å²) in [7, 11) is 0. The van der Waals surface area contributed by atoms with Crippen LogP contribution < -0.4 is 21.7 Å². The Morgan fingerprint density at radius 2 is 1.79 bits per heavy atom. The smallest absolute Gasteiger partial charge is 0.322 e. The zero-order valence-electron chi connectivity index (χ0n) is 24.4. The Morgan fingerprint density at radius 1 is 1.05 bits per heavy atom. The van der Waals surface area contributed by atoms with E-state index in [1.807, 2.05) is 51.1 Å². The van der Waals surface area contributed by atoms with Crippen LogP contribution in [-0.4, -0.2) is 70.0 Å². The Hall–Kier alpha value is -4.32. The lowest BCUT2D eigenvalue weighted by Gasteiger charge is -2.28. The number of nitrogens with zero attached hydrogens (tertiary/aromatic N) is 4. The fraction of sp³-hybridized carbons (Fsp3) is 0.467. The molecule has 0 saturated carbocycles. The van der Waals surface area contributed by atoms with Crippen molar-refractivity contribution in [3.8, 4) is 0 Å². The summed E-state index contributed by atoms with van der Waals surface area (Å²) in [4.78, 5) is 55.2. The molecule has 2 aromatic rings. The topological polar surface area (TPSA) is 162 Å². The summed E-state index contributed by atoms with van der Waals surface area (Å²) in [6, 6.07) is 8.61. The summed E-state index contributed by atoms with van der Waals surface area (Å²) in [6.45, 7) is 7.49. The molecule has 0 bridgehead atoms. The van der Waals surface area contributed by atoms with Gasteiger partial charge >= 0.3 is 6.03 Å². The van der Waals surface area contributed by atoms with Crippen molar-refractivity contribution in [2.24, 2.45) is 22.7 Å². The number of hydrogen-bond donors (Lipinski definition) is 4. The van der Waals surface area contributed by atoms with Gasteiger partial charge in [0.1, 0.15) is 0 Å². The summed E-state index contributed by atoms with van der Waals surface area (Å²) < 4.78 is 0. The Balaban J connectivity index is 1.23. The van der Waals surface area contributed by atoms with Crippen molar-refractivity contribution < 1.29 is 19.2 Å². The van der Waals surface area contributed by atoms with Crippen LogP contribution in [0.5, 0.6) is 0 Å². The monoisotopic (exact) mass is 576 g/mol. The molecule has 42 heavy (non-hydrogen) atoms. The van der Waals surface area contributed by atoms with Gasteiger partial charge in [0.25, 0.3) is 0 Å². The van der Waals surface area contributed by atoms with Crippen LogP contribution in [0.3, 0.4) is 0 Å². The third-order valence-electron chi connectivity index (χ3n) is 7.47. The Kier molecular flexibility index (Phi) is 10.2. The standard InChI is InChI=1S/C30H40N8O4/c1-19(2)27(31)29(41)34-16-25(39)33-11-4-5-13-38-26(40)14-20(3)28(36-38)21-6-8-24(9-7-21)35-30(42)37-17-22-10-12-32-15-23(22)18-37/h6-10,12,15,19-20,27H,4-5,11,13-14,16-18,31H2,1-3H3,(H,33,39)(H,34,41)(H,35,42). The summed E-state index contributed by atoms with van der Waals surface area (Å²) in [5.41, 5.74) is 10.3. The first-order chi connectivity index (χ1) is 20.1. The highest BCUT2D eigenvalue weighted by molar-refractivity contribution is 6.06. The second-order valence-electron chi connectivity index (χ2n) is 11.2. The van der Waals surface area contributed by atoms with E-state index in [1.54, 1.807) is 17.3 Å². The molecule has 5 N–H and O–H groups in total. The van der Waals surface area contributed by atoms with E-state index in [9.17, 15) is 19.2 Å². The average Bonchev–Trinajstić information content (AvgIpc) is 3.41. The van der Waals surface area contributed by atoms with Crippen molar-refractivity contribution in [2.45, 2.75) is 59.2 Å². The average molecular weight is 577 g/mol. The maximum absolute atomic E-state index is 12.8. The lowest BCUT2D eigenvalue weighted by Crippen LogP contribution is -2.47. The van der Waals surface area contributed by atoms with Gasteiger partial charge in [-0.1, -0.05) is 32.9 Å². The molecule has 2 atom stereocenters. The molecule has 12 heteroatoms. The van der Waals surface area contributed by atoms with E-state index < -0.39 is 6.04 Å². The zero-order valence-corrected chi connectivity index (χ0v) is 24.4. The molecule has 3 heterocycles. The second-order valence-corrected chi connectivity index (χ2v) is 11.2. The van der Waals surface area contributed by atoms with Gasteiger partial charge < -0.3 is 26.6 Å². The van der Waals surface area contributed by atoms with Crippen LogP contribution in [0, 0.1) is 11.8 Å². The number of unbranched alkanes of at least 4 members (excludes halogenated alkanes) is 1. The van der Waals surface area contributed by atoms with Gasteiger partial charge in [-0.3, -0.25) is 19.4 Å².